The van der Waals surface area contributed by atoms with E-state index in [1.165, 1.54) is 6.08 Å². The van der Waals surface area contributed by atoms with Crippen molar-refractivity contribution in [2.45, 2.75) is 64.2 Å². The van der Waals surface area contributed by atoms with Crippen molar-refractivity contribution in [3.05, 3.63) is 57.4 Å². The van der Waals surface area contributed by atoms with Gasteiger partial charge in [-0.25, -0.2) is 0 Å². The molecule has 5 heteroatoms. The molecule has 2 aromatic heterocycles. The SMILES string of the molecule is C.C.C.C.C.C.C=CCC(=O)OCc1ccsc1.OCc1ccsc1. The molecule has 2 heterocycles. The zero-order valence-electron chi connectivity index (χ0n) is 10.5. The first-order valence-electron chi connectivity index (χ1n) is 5.65. The van der Waals surface area contributed by atoms with E-state index in [0.717, 1.165) is 11.1 Å². The Balaban J connectivity index is -0.0000000623. The molecule has 2 rings (SSSR count). The molecule has 0 radical (unpaired) electrons. The van der Waals surface area contributed by atoms with Crippen LogP contribution in [0.25, 0.3) is 0 Å². The lowest BCUT2D eigenvalue weighted by molar-refractivity contribution is -0.143. The van der Waals surface area contributed by atoms with Gasteiger partial charge in [0.15, 0.2) is 0 Å². The van der Waals surface area contributed by atoms with E-state index in [4.69, 9.17) is 9.84 Å². The maximum atomic E-state index is 10.8. The van der Waals surface area contributed by atoms with Gasteiger partial charge in [0.05, 0.1) is 13.0 Å². The summed E-state index contributed by atoms with van der Waals surface area (Å²) in [5.41, 5.74) is 2.04. The largest absolute Gasteiger partial charge is 0.461 e. The Morgan fingerprint density at radius 2 is 1.48 bits per heavy atom. The minimum absolute atomic E-state index is 0. The molecule has 0 aromatic carbocycles. The lowest BCUT2D eigenvalue weighted by Gasteiger charge is -1.99. The monoisotopic (exact) mass is 392 g/mol. The zero-order chi connectivity index (χ0) is 13.9. The Hall–Kier alpha value is -1.43. The number of thiophene rings is 2. The molecule has 150 valence electrons. The molecule has 0 aliphatic rings. The maximum absolute atomic E-state index is 10.8. The molecule has 1 N–H and O–H groups in total. The van der Waals surface area contributed by atoms with Crippen molar-refractivity contribution in [3.63, 3.8) is 0 Å². The van der Waals surface area contributed by atoms with Crippen LogP contribution < -0.4 is 0 Å². The highest BCUT2D eigenvalue weighted by atomic mass is 32.1. The quantitative estimate of drug-likeness (QED) is 0.425. The number of carbonyl (C=O) groups is 1. The zero-order valence-corrected chi connectivity index (χ0v) is 12.1. The predicted molar refractivity (Wildman–Crippen MR) is 120 cm³/mol. The Kier molecular flexibility index (Phi) is 38.6. The van der Waals surface area contributed by atoms with Crippen LogP contribution in [0.5, 0.6) is 0 Å². The van der Waals surface area contributed by atoms with Crippen molar-refractivity contribution in [2.75, 3.05) is 0 Å². The number of rotatable bonds is 5. The highest BCUT2D eigenvalue weighted by molar-refractivity contribution is 7.08. The Labute approximate surface area is 165 Å². The molecule has 0 saturated heterocycles. The number of aliphatic hydroxyl groups is 1. The van der Waals surface area contributed by atoms with Crippen molar-refractivity contribution in [1.29, 1.82) is 0 Å². The van der Waals surface area contributed by atoms with Crippen molar-refractivity contribution in [1.82, 2.24) is 0 Å². The molecule has 2 aromatic rings. The van der Waals surface area contributed by atoms with Crippen LogP contribution in [0.3, 0.4) is 0 Å². The first kappa shape index (κ1) is 38.9. The van der Waals surface area contributed by atoms with E-state index >= 15 is 0 Å². The summed E-state index contributed by atoms with van der Waals surface area (Å²) in [5, 5.41) is 16.2. The van der Waals surface area contributed by atoms with Crippen molar-refractivity contribution < 1.29 is 14.6 Å². The second-order valence-electron chi connectivity index (χ2n) is 3.57. The lowest BCUT2D eigenvalue weighted by Crippen LogP contribution is -2.01. The van der Waals surface area contributed by atoms with Gasteiger partial charge in [0, 0.05) is 5.56 Å². The summed E-state index contributed by atoms with van der Waals surface area (Å²) in [6.45, 7) is 3.99. The van der Waals surface area contributed by atoms with E-state index in [0.29, 0.717) is 6.61 Å². The Morgan fingerprint density at radius 3 is 1.80 bits per heavy atom. The molecule has 3 nitrogen and oxygen atoms in total. The van der Waals surface area contributed by atoms with Crippen LogP contribution in [0.4, 0.5) is 0 Å². The first-order chi connectivity index (χ1) is 9.26. The fourth-order valence-electron chi connectivity index (χ4n) is 1.10. The first-order valence-corrected chi connectivity index (χ1v) is 7.54. The van der Waals surface area contributed by atoms with E-state index in [1.54, 1.807) is 22.7 Å². The summed E-state index contributed by atoms with van der Waals surface area (Å²) in [4.78, 5) is 10.8. The van der Waals surface area contributed by atoms with E-state index in [1.807, 2.05) is 33.7 Å². The number of esters is 1. The van der Waals surface area contributed by atoms with Crippen LogP contribution in [0, 0.1) is 0 Å². The van der Waals surface area contributed by atoms with Crippen molar-refractivity contribution in [2.24, 2.45) is 0 Å². The fourth-order valence-corrected chi connectivity index (χ4v) is 2.41. The van der Waals surface area contributed by atoms with Gasteiger partial charge < -0.3 is 9.84 Å². The average molecular weight is 393 g/mol. The molecule has 0 saturated carbocycles. The van der Waals surface area contributed by atoms with Crippen LogP contribution in [0.15, 0.2) is 46.3 Å². The third-order valence-electron chi connectivity index (χ3n) is 2.05. The summed E-state index contributed by atoms with van der Waals surface area (Å²) >= 11 is 3.20. The van der Waals surface area contributed by atoms with Crippen LogP contribution in [0.1, 0.15) is 62.1 Å². The van der Waals surface area contributed by atoms with Gasteiger partial charge in [-0.3, -0.25) is 4.79 Å². The van der Waals surface area contributed by atoms with Gasteiger partial charge in [-0.15, -0.1) is 6.58 Å². The molecule has 0 aliphatic carbocycles. The Morgan fingerprint density at radius 1 is 1.00 bits per heavy atom. The minimum atomic E-state index is -0.226. The number of aliphatic hydroxyl groups excluding tert-OH is 1. The van der Waals surface area contributed by atoms with Gasteiger partial charge >= 0.3 is 5.97 Å². The van der Waals surface area contributed by atoms with E-state index in [9.17, 15) is 4.79 Å². The summed E-state index contributed by atoms with van der Waals surface area (Å²) in [6, 6.07) is 3.84. The number of hydrogen-bond acceptors (Lipinski definition) is 5. The summed E-state index contributed by atoms with van der Waals surface area (Å²) in [5.74, 6) is -0.226. The molecule has 0 atom stereocenters. The standard InChI is InChI=1S/C9H10O2S.C5H6OS.6CH4/c1-2-3-9(10)11-6-8-4-5-12-7-8;6-3-5-1-2-7-4-5;;;;;;/h2,4-5,7H,1,3,6H2;1-2,4,6H,3H2;6*1H4. The summed E-state index contributed by atoms with van der Waals surface area (Å²) in [7, 11) is 0. The topological polar surface area (TPSA) is 46.5 Å². The number of ether oxygens (including phenoxy) is 1. The molecular weight excluding hydrogens is 352 g/mol. The smallest absolute Gasteiger partial charge is 0.309 e. The van der Waals surface area contributed by atoms with E-state index in [2.05, 4.69) is 6.58 Å². The van der Waals surface area contributed by atoms with Gasteiger partial charge in [-0.1, -0.05) is 50.6 Å². The van der Waals surface area contributed by atoms with Crippen molar-refractivity contribution in [3.8, 4) is 0 Å². The molecule has 0 unspecified atom stereocenters. The molecule has 0 spiro atoms. The van der Waals surface area contributed by atoms with E-state index in [-0.39, 0.29) is 63.6 Å². The highest BCUT2D eigenvalue weighted by Gasteiger charge is 1.99. The summed E-state index contributed by atoms with van der Waals surface area (Å²) in [6.07, 6.45) is 1.82. The van der Waals surface area contributed by atoms with Crippen molar-refractivity contribution >= 4 is 28.6 Å². The van der Waals surface area contributed by atoms with Gasteiger partial charge in [-0.2, -0.15) is 22.7 Å². The maximum Gasteiger partial charge on any atom is 0.309 e. The molecular formula is C20H40O3S2. The van der Waals surface area contributed by atoms with Gasteiger partial charge in [0.25, 0.3) is 0 Å². The Bertz CT molecular complexity index is 463. The molecule has 25 heavy (non-hydrogen) atoms. The molecule has 0 fully saturated rings. The van der Waals surface area contributed by atoms with Gasteiger partial charge in [0.2, 0.25) is 0 Å². The van der Waals surface area contributed by atoms with Crippen LogP contribution in [0.2, 0.25) is 0 Å². The lowest BCUT2D eigenvalue weighted by atomic mass is 10.4. The summed E-state index contributed by atoms with van der Waals surface area (Å²) < 4.78 is 4.92. The third kappa shape index (κ3) is 18.7. The molecule has 0 bridgehead atoms. The van der Waals surface area contributed by atoms with Crippen LogP contribution in [-0.4, -0.2) is 11.1 Å². The third-order valence-corrected chi connectivity index (χ3v) is 3.52. The minimum Gasteiger partial charge on any atom is -0.461 e. The second-order valence-corrected chi connectivity index (χ2v) is 5.13. The molecule has 0 amide bonds. The van der Waals surface area contributed by atoms with Crippen LogP contribution >= 0.6 is 22.7 Å². The second kappa shape index (κ2) is 24.8. The number of carbonyl (C=O) groups excluding carboxylic acids is 1. The highest BCUT2D eigenvalue weighted by Crippen LogP contribution is 2.07. The normalized spacial score (nSPS) is 7.08. The van der Waals surface area contributed by atoms with E-state index < -0.39 is 0 Å². The van der Waals surface area contributed by atoms with Gasteiger partial charge in [-0.05, 0) is 39.2 Å². The van der Waals surface area contributed by atoms with Crippen LogP contribution in [-0.2, 0) is 22.7 Å². The molecule has 0 aliphatic heterocycles. The fraction of sp³-hybridized carbons (Fsp3) is 0.450. The van der Waals surface area contributed by atoms with Gasteiger partial charge in [0.1, 0.15) is 6.61 Å². The number of hydrogen-bond donors (Lipinski definition) is 1. The predicted octanol–water partition coefficient (Wildman–Crippen LogP) is 7.42. The average Bonchev–Trinajstić information content (AvgIpc) is 3.10.